The molecule has 4 bridgehead atoms. The molecule has 4 saturated carbocycles. The second kappa shape index (κ2) is 10.3. The van der Waals surface area contributed by atoms with E-state index in [4.69, 9.17) is 4.42 Å². The van der Waals surface area contributed by atoms with E-state index in [1.807, 2.05) is 0 Å². The molecule has 51 heavy (non-hydrogen) atoms. The van der Waals surface area contributed by atoms with Gasteiger partial charge in [0.05, 0.1) is 0 Å². The monoisotopic (exact) mass is 654 g/mol. The third kappa shape index (κ3) is 3.82. The lowest BCUT2D eigenvalue weighted by Gasteiger charge is -2.61. The Hall–Kier alpha value is -5.40. The summed E-state index contributed by atoms with van der Waals surface area (Å²) in [6, 6.07) is 54.7. The van der Waals surface area contributed by atoms with Gasteiger partial charge in [0, 0.05) is 16.2 Å². The summed E-state index contributed by atoms with van der Waals surface area (Å²) < 4.78 is 6.44. The van der Waals surface area contributed by atoms with E-state index in [0.717, 1.165) is 23.0 Å². The zero-order valence-electron chi connectivity index (χ0n) is 28.6. The van der Waals surface area contributed by atoms with Crippen molar-refractivity contribution in [2.24, 2.45) is 23.7 Å². The van der Waals surface area contributed by atoms with Crippen molar-refractivity contribution < 1.29 is 4.42 Å². The van der Waals surface area contributed by atoms with Crippen molar-refractivity contribution in [3.05, 3.63) is 157 Å². The molecule has 0 unspecified atom stereocenters. The van der Waals surface area contributed by atoms with E-state index in [-0.39, 0.29) is 5.41 Å². The molecule has 1 heterocycles. The lowest BCUT2D eigenvalue weighted by atomic mass is 9.42. The van der Waals surface area contributed by atoms with E-state index in [2.05, 4.69) is 146 Å². The van der Waals surface area contributed by atoms with E-state index in [1.165, 1.54) is 98.2 Å². The summed E-state index contributed by atoms with van der Waals surface area (Å²) >= 11 is 0. The van der Waals surface area contributed by atoms with Gasteiger partial charge in [-0.1, -0.05) is 121 Å². The zero-order chi connectivity index (χ0) is 33.3. The first-order chi connectivity index (χ1) is 25.2. The average Bonchev–Trinajstić information content (AvgIpc) is 3.71. The third-order valence-electron chi connectivity index (χ3n) is 13.6. The minimum absolute atomic E-state index is 0.0448. The summed E-state index contributed by atoms with van der Waals surface area (Å²) in [6.45, 7) is 0. The predicted octanol–water partition coefficient (Wildman–Crippen LogP) is 13.5. The Kier molecular flexibility index (Phi) is 5.73. The Morgan fingerprint density at radius 2 is 1.08 bits per heavy atom. The Morgan fingerprint density at radius 1 is 0.451 bits per heavy atom. The topological polar surface area (TPSA) is 13.1 Å². The first-order valence-corrected chi connectivity index (χ1v) is 19.0. The lowest BCUT2D eigenvalue weighted by molar-refractivity contribution is -0.0397. The van der Waals surface area contributed by atoms with Crippen LogP contribution in [-0.4, -0.2) is 0 Å². The minimum Gasteiger partial charge on any atom is -0.456 e. The molecule has 4 fully saturated rings. The number of hydrogen-bond donors (Lipinski definition) is 0. The van der Waals surface area contributed by atoms with Crippen LogP contribution in [0.1, 0.15) is 43.2 Å². The highest BCUT2D eigenvalue weighted by Gasteiger charge is 2.62. The van der Waals surface area contributed by atoms with Crippen LogP contribution in [0, 0.1) is 23.7 Å². The van der Waals surface area contributed by atoms with E-state index in [9.17, 15) is 0 Å². The molecule has 5 aliphatic carbocycles. The Bertz CT molecular complexity index is 2680. The predicted molar refractivity (Wildman–Crippen MR) is 211 cm³/mol. The van der Waals surface area contributed by atoms with E-state index < -0.39 is 0 Å². The first-order valence-electron chi connectivity index (χ1n) is 19.0. The van der Waals surface area contributed by atoms with Gasteiger partial charge in [-0.05, 0) is 146 Å². The Balaban J connectivity index is 1.11. The standard InChI is InChI=1S/C50H38O/c1-2-9-32(10-3-1)33-19-20-35-29-36(22-21-34(35)28-33)39-12-6-15-43-47-40(41-14-8-18-46-48(41)42-11-4-5-17-45(42)51-46)13-7-16-44(47)50(49(39)43)37-24-30-23-31(26-37)27-38(50)25-30/h1-22,28-31,37-38H,23-27H2. The van der Waals surface area contributed by atoms with Gasteiger partial charge in [0.15, 0.2) is 0 Å². The van der Waals surface area contributed by atoms with Crippen molar-refractivity contribution in [3.63, 3.8) is 0 Å². The number of para-hydroxylation sites is 1. The molecule has 0 saturated heterocycles. The fraction of sp³-hybridized carbons (Fsp3) is 0.200. The summed E-state index contributed by atoms with van der Waals surface area (Å²) in [5.41, 5.74) is 16.0. The molecule has 0 N–H and O–H groups in total. The number of benzene rings is 7. The number of fused-ring (bicyclic) bond motifs is 7. The van der Waals surface area contributed by atoms with Gasteiger partial charge in [0.2, 0.25) is 0 Å². The van der Waals surface area contributed by atoms with Crippen LogP contribution in [0.25, 0.3) is 77.2 Å². The molecule has 0 atom stereocenters. The summed E-state index contributed by atoms with van der Waals surface area (Å²) in [6.07, 6.45) is 6.92. The fourth-order valence-corrected chi connectivity index (χ4v) is 12.0. The highest BCUT2D eigenvalue weighted by molar-refractivity contribution is 6.14. The maximum absolute atomic E-state index is 6.44. The van der Waals surface area contributed by atoms with Crippen LogP contribution in [0.5, 0.6) is 0 Å². The molecule has 1 nitrogen and oxygen atoms in total. The molecule has 0 radical (unpaired) electrons. The summed E-state index contributed by atoms with van der Waals surface area (Å²) in [4.78, 5) is 0. The molecule has 1 aromatic heterocycles. The van der Waals surface area contributed by atoms with Crippen LogP contribution >= 0.6 is 0 Å². The number of rotatable bonds is 3. The van der Waals surface area contributed by atoms with Crippen molar-refractivity contribution in [2.75, 3.05) is 0 Å². The van der Waals surface area contributed by atoms with Crippen LogP contribution < -0.4 is 0 Å². The molecule has 0 amide bonds. The fourth-order valence-electron chi connectivity index (χ4n) is 12.0. The molecule has 1 heteroatoms. The van der Waals surface area contributed by atoms with Gasteiger partial charge in [0.1, 0.15) is 11.2 Å². The van der Waals surface area contributed by atoms with Gasteiger partial charge < -0.3 is 4.42 Å². The van der Waals surface area contributed by atoms with Crippen LogP contribution in [0.15, 0.2) is 150 Å². The van der Waals surface area contributed by atoms with Crippen molar-refractivity contribution in [2.45, 2.75) is 37.5 Å². The molecule has 5 aliphatic rings. The van der Waals surface area contributed by atoms with Crippen molar-refractivity contribution >= 4 is 32.7 Å². The number of hydrogen-bond acceptors (Lipinski definition) is 1. The van der Waals surface area contributed by atoms with Crippen molar-refractivity contribution in [1.29, 1.82) is 0 Å². The largest absolute Gasteiger partial charge is 0.456 e. The second-order valence-electron chi connectivity index (χ2n) is 16.0. The van der Waals surface area contributed by atoms with Gasteiger partial charge >= 0.3 is 0 Å². The highest BCUT2D eigenvalue weighted by Crippen LogP contribution is 2.71. The van der Waals surface area contributed by atoms with Gasteiger partial charge in [-0.2, -0.15) is 0 Å². The van der Waals surface area contributed by atoms with Crippen LogP contribution in [-0.2, 0) is 5.41 Å². The summed E-state index contributed by atoms with van der Waals surface area (Å²) in [5, 5.41) is 5.03. The molecule has 1 spiro atoms. The normalized spacial score (nSPS) is 24.2. The first kappa shape index (κ1) is 28.3. The number of furan rings is 1. The maximum Gasteiger partial charge on any atom is 0.136 e. The minimum atomic E-state index is 0.0448. The van der Waals surface area contributed by atoms with Crippen molar-refractivity contribution in [1.82, 2.24) is 0 Å². The van der Waals surface area contributed by atoms with Crippen LogP contribution in [0.3, 0.4) is 0 Å². The lowest BCUT2D eigenvalue weighted by Crippen LogP contribution is -2.55. The molecule has 244 valence electrons. The average molecular weight is 655 g/mol. The smallest absolute Gasteiger partial charge is 0.136 e. The molecular weight excluding hydrogens is 617 g/mol. The highest BCUT2D eigenvalue weighted by atomic mass is 16.3. The summed E-state index contributed by atoms with van der Waals surface area (Å²) in [7, 11) is 0. The van der Waals surface area contributed by atoms with Gasteiger partial charge in [-0.3, -0.25) is 0 Å². The van der Waals surface area contributed by atoms with Crippen molar-refractivity contribution in [3.8, 4) is 44.5 Å². The van der Waals surface area contributed by atoms with E-state index in [1.54, 1.807) is 11.1 Å². The third-order valence-corrected chi connectivity index (χ3v) is 13.6. The maximum atomic E-state index is 6.44. The zero-order valence-corrected chi connectivity index (χ0v) is 28.6. The Labute approximate surface area is 298 Å². The molecule has 7 aromatic carbocycles. The Morgan fingerprint density at radius 3 is 1.90 bits per heavy atom. The van der Waals surface area contributed by atoms with Gasteiger partial charge in [-0.15, -0.1) is 0 Å². The van der Waals surface area contributed by atoms with Gasteiger partial charge in [-0.25, -0.2) is 0 Å². The SMILES string of the molecule is c1ccc(-c2ccc3cc(-c4cccc5c4C4(c6cccc(-c7cccc8oc9ccccc9c78)c6-5)C5CC6CC(C5)CC4C6)ccc3c2)cc1. The quantitative estimate of drug-likeness (QED) is 0.185. The second-order valence-corrected chi connectivity index (χ2v) is 16.0. The van der Waals surface area contributed by atoms with E-state index >= 15 is 0 Å². The van der Waals surface area contributed by atoms with Crippen LogP contribution in [0.2, 0.25) is 0 Å². The summed E-state index contributed by atoms with van der Waals surface area (Å²) in [5.74, 6) is 3.16. The van der Waals surface area contributed by atoms with E-state index in [0.29, 0.717) is 11.8 Å². The molecular formula is C50H38O. The van der Waals surface area contributed by atoms with Gasteiger partial charge in [0.25, 0.3) is 0 Å². The van der Waals surface area contributed by atoms with Crippen LogP contribution in [0.4, 0.5) is 0 Å². The molecule has 13 rings (SSSR count). The molecule has 0 aliphatic heterocycles. The molecule has 8 aromatic rings.